The summed E-state index contributed by atoms with van der Waals surface area (Å²) in [6.07, 6.45) is 2.36. The van der Waals surface area contributed by atoms with Gasteiger partial charge in [-0.05, 0) is 31.4 Å². The molecule has 1 N–H and O–H groups in total. The van der Waals surface area contributed by atoms with Gasteiger partial charge in [-0.2, -0.15) is 0 Å². The molecule has 1 amide bonds. The van der Waals surface area contributed by atoms with Crippen molar-refractivity contribution in [1.82, 2.24) is 4.90 Å². The molecular formula is C16H19NO4. The predicted octanol–water partition coefficient (Wildman–Crippen LogP) is 2.03. The van der Waals surface area contributed by atoms with E-state index in [-0.39, 0.29) is 18.1 Å². The van der Waals surface area contributed by atoms with Crippen LogP contribution in [0.25, 0.3) is 11.0 Å². The smallest absolute Gasteiger partial charge is 0.349 e. The van der Waals surface area contributed by atoms with Gasteiger partial charge in [-0.25, -0.2) is 4.79 Å². The van der Waals surface area contributed by atoms with Gasteiger partial charge >= 0.3 is 5.63 Å². The van der Waals surface area contributed by atoms with Crippen molar-refractivity contribution in [3.63, 3.8) is 0 Å². The molecule has 21 heavy (non-hydrogen) atoms. The first kappa shape index (κ1) is 15.3. The van der Waals surface area contributed by atoms with Crippen molar-refractivity contribution < 1.29 is 14.3 Å². The number of hydrogen-bond acceptors (Lipinski definition) is 4. The molecule has 2 aromatic rings. The Bertz CT molecular complexity index is 677. The van der Waals surface area contributed by atoms with Crippen LogP contribution in [0.1, 0.15) is 29.6 Å². The second-order valence-electron chi connectivity index (χ2n) is 5.00. The van der Waals surface area contributed by atoms with E-state index < -0.39 is 5.63 Å². The highest BCUT2D eigenvalue weighted by Gasteiger charge is 2.17. The van der Waals surface area contributed by atoms with Crippen LogP contribution in [0.5, 0.6) is 0 Å². The molecule has 1 heterocycles. The molecule has 0 spiro atoms. The highest BCUT2D eigenvalue weighted by atomic mass is 16.4. The zero-order valence-corrected chi connectivity index (χ0v) is 12.0. The van der Waals surface area contributed by atoms with E-state index in [1.54, 1.807) is 31.3 Å². The van der Waals surface area contributed by atoms with Crippen molar-refractivity contribution in [2.24, 2.45) is 0 Å². The van der Waals surface area contributed by atoms with Crippen LogP contribution in [0.3, 0.4) is 0 Å². The Morgan fingerprint density at radius 2 is 2.00 bits per heavy atom. The zero-order chi connectivity index (χ0) is 15.2. The Balaban J connectivity index is 2.15. The van der Waals surface area contributed by atoms with Gasteiger partial charge in [0.25, 0.3) is 5.91 Å². The summed E-state index contributed by atoms with van der Waals surface area (Å²) in [5.41, 5.74) is -0.0797. The van der Waals surface area contributed by atoms with Crippen LogP contribution in [0, 0.1) is 0 Å². The second-order valence-corrected chi connectivity index (χ2v) is 5.00. The SMILES string of the molecule is CN(CCCCCO)C(=O)c1cc2ccccc2oc1=O. The largest absolute Gasteiger partial charge is 0.422 e. The standard InChI is InChI=1S/C16H19NO4/c1-17(9-5-2-6-10-18)15(19)13-11-12-7-3-4-8-14(12)21-16(13)20/h3-4,7-8,11,18H,2,5-6,9-10H2,1H3. The van der Waals surface area contributed by atoms with Crippen molar-refractivity contribution in [3.8, 4) is 0 Å². The Morgan fingerprint density at radius 1 is 1.24 bits per heavy atom. The maximum atomic E-state index is 12.3. The normalized spacial score (nSPS) is 10.8. The molecule has 0 aliphatic rings. The number of aliphatic hydroxyl groups is 1. The summed E-state index contributed by atoms with van der Waals surface area (Å²) < 4.78 is 5.17. The number of carbonyl (C=O) groups is 1. The summed E-state index contributed by atoms with van der Waals surface area (Å²) in [7, 11) is 1.66. The van der Waals surface area contributed by atoms with E-state index in [1.165, 1.54) is 4.90 Å². The summed E-state index contributed by atoms with van der Waals surface area (Å²) >= 11 is 0. The molecule has 5 heteroatoms. The topological polar surface area (TPSA) is 70.8 Å². The van der Waals surface area contributed by atoms with Crippen LogP contribution in [-0.4, -0.2) is 36.1 Å². The minimum atomic E-state index is -0.610. The Hall–Kier alpha value is -2.14. The molecule has 0 saturated carbocycles. The quantitative estimate of drug-likeness (QED) is 0.652. The van der Waals surface area contributed by atoms with Crippen molar-refractivity contribution in [2.45, 2.75) is 19.3 Å². The second kappa shape index (κ2) is 7.04. The highest BCUT2D eigenvalue weighted by Crippen LogP contribution is 2.13. The molecule has 0 unspecified atom stereocenters. The van der Waals surface area contributed by atoms with Gasteiger partial charge in [0.15, 0.2) is 0 Å². The minimum absolute atomic E-state index is 0.0540. The number of carbonyl (C=O) groups excluding carboxylic acids is 1. The lowest BCUT2D eigenvalue weighted by Gasteiger charge is -2.16. The first-order chi connectivity index (χ1) is 10.1. The van der Waals surface area contributed by atoms with Gasteiger partial charge in [-0.15, -0.1) is 0 Å². The Morgan fingerprint density at radius 3 is 2.76 bits per heavy atom. The van der Waals surface area contributed by atoms with Gasteiger partial charge in [-0.3, -0.25) is 4.79 Å². The lowest BCUT2D eigenvalue weighted by molar-refractivity contribution is 0.0788. The lowest BCUT2D eigenvalue weighted by Crippen LogP contribution is -2.31. The van der Waals surface area contributed by atoms with Crippen molar-refractivity contribution >= 4 is 16.9 Å². The summed E-state index contributed by atoms with van der Waals surface area (Å²) in [5, 5.41) is 9.45. The maximum absolute atomic E-state index is 12.3. The number of nitrogens with zero attached hydrogens (tertiary/aromatic N) is 1. The van der Waals surface area contributed by atoms with E-state index >= 15 is 0 Å². The molecule has 1 aromatic heterocycles. The van der Waals surface area contributed by atoms with Crippen molar-refractivity contribution in [2.75, 3.05) is 20.2 Å². The average molecular weight is 289 g/mol. The number of fused-ring (bicyclic) bond motifs is 1. The summed E-state index contributed by atoms with van der Waals surface area (Å²) in [6, 6.07) is 8.68. The van der Waals surface area contributed by atoms with E-state index in [1.807, 2.05) is 6.07 Å². The number of benzene rings is 1. The van der Waals surface area contributed by atoms with E-state index in [4.69, 9.17) is 9.52 Å². The molecule has 0 aliphatic carbocycles. The molecule has 0 saturated heterocycles. The molecule has 2 rings (SSSR count). The summed E-state index contributed by atoms with van der Waals surface area (Å²) in [4.78, 5) is 25.7. The summed E-state index contributed by atoms with van der Waals surface area (Å²) in [5.74, 6) is -0.335. The van der Waals surface area contributed by atoms with Crippen molar-refractivity contribution in [3.05, 3.63) is 46.3 Å². The summed E-state index contributed by atoms with van der Waals surface area (Å²) in [6.45, 7) is 0.705. The van der Waals surface area contributed by atoms with E-state index in [9.17, 15) is 9.59 Å². The van der Waals surface area contributed by atoms with Crippen LogP contribution in [0.2, 0.25) is 0 Å². The third-order valence-electron chi connectivity index (χ3n) is 3.37. The van der Waals surface area contributed by atoms with Gasteiger partial charge < -0.3 is 14.4 Å². The van der Waals surface area contributed by atoms with Gasteiger partial charge in [0, 0.05) is 25.6 Å². The molecule has 0 radical (unpaired) electrons. The first-order valence-corrected chi connectivity index (χ1v) is 7.02. The third-order valence-corrected chi connectivity index (χ3v) is 3.37. The maximum Gasteiger partial charge on any atom is 0.349 e. The van der Waals surface area contributed by atoms with E-state index in [0.717, 1.165) is 24.6 Å². The van der Waals surface area contributed by atoms with E-state index in [0.29, 0.717) is 12.1 Å². The molecule has 5 nitrogen and oxygen atoms in total. The molecular weight excluding hydrogens is 270 g/mol. The van der Waals surface area contributed by atoms with Gasteiger partial charge in [0.1, 0.15) is 11.1 Å². The third kappa shape index (κ3) is 3.70. The molecule has 0 fully saturated rings. The molecule has 0 atom stereocenters. The minimum Gasteiger partial charge on any atom is -0.422 e. The number of amides is 1. The number of unbranched alkanes of at least 4 members (excludes halogenated alkanes) is 2. The number of hydrogen-bond donors (Lipinski definition) is 1. The van der Waals surface area contributed by atoms with E-state index in [2.05, 4.69) is 0 Å². The highest BCUT2D eigenvalue weighted by molar-refractivity contribution is 5.96. The molecule has 112 valence electrons. The molecule has 0 bridgehead atoms. The number of rotatable bonds is 6. The number of aliphatic hydroxyl groups excluding tert-OH is 1. The fourth-order valence-corrected chi connectivity index (χ4v) is 2.16. The monoisotopic (exact) mass is 289 g/mol. The van der Waals surface area contributed by atoms with Gasteiger partial charge in [0.2, 0.25) is 0 Å². The Kier molecular flexibility index (Phi) is 5.11. The van der Waals surface area contributed by atoms with Crippen LogP contribution >= 0.6 is 0 Å². The molecule has 1 aromatic carbocycles. The van der Waals surface area contributed by atoms with Crippen LogP contribution in [0.4, 0.5) is 0 Å². The lowest BCUT2D eigenvalue weighted by atomic mass is 10.1. The van der Waals surface area contributed by atoms with Crippen LogP contribution < -0.4 is 5.63 Å². The first-order valence-electron chi connectivity index (χ1n) is 7.02. The Labute approximate surface area is 122 Å². The van der Waals surface area contributed by atoms with Crippen molar-refractivity contribution in [1.29, 1.82) is 0 Å². The fourth-order valence-electron chi connectivity index (χ4n) is 2.16. The predicted molar refractivity (Wildman–Crippen MR) is 80.4 cm³/mol. The van der Waals surface area contributed by atoms with Gasteiger partial charge in [0.05, 0.1) is 0 Å². The fraction of sp³-hybridized carbons (Fsp3) is 0.375. The van der Waals surface area contributed by atoms with Gasteiger partial charge in [-0.1, -0.05) is 18.2 Å². The average Bonchev–Trinajstić information content (AvgIpc) is 2.50. The zero-order valence-electron chi connectivity index (χ0n) is 12.0. The van der Waals surface area contributed by atoms with Crippen LogP contribution in [0.15, 0.2) is 39.5 Å². The molecule has 0 aliphatic heterocycles. The number of para-hydroxylation sites is 1. The van der Waals surface area contributed by atoms with Crippen LogP contribution in [-0.2, 0) is 0 Å².